The van der Waals surface area contributed by atoms with Gasteiger partial charge in [-0.25, -0.2) is 4.98 Å². The molecule has 1 aromatic heterocycles. The summed E-state index contributed by atoms with van der Waals surface area (Å²) in [6.07, 6.45) is 8.36. The number of aromatic nitrogens is 2. The molecule has 3 fully saturated rings. The number of piperazine rings is 1. The lowest BCUT2D eigenvalue weighted by molar-refractivity contribution is 0.0732. The molecule has 132 valence electrons. The van der Waals surface area contributed by atoms with E-state index in [1.807, 2.05) is 0 Å². The first-order chi connectivity index (χ1) is 11.7. The molecule has 0 unspecified atom stereocenters. The van der Waals surface area contributed by atoms with Gasteiger partial charge in [-0.1, -0.05) is 19.3 Å². The van der Waals surface area contributed by atoms with Crippen LogP contribution in [0, 0.1) is 0 Å². The second kappa shape index (κ2) is 6.84. The normalized spacial score (nSPS) is 29.5. The van der Waals surface area contributed by atoms with Crippen molar-refractivity contribution < 1.29 is 5.11 Å². The summed E-state index contributed by atoms with van der Waals surface area (Å²) < 4.78 is 0. The van der Waals surface area contributed by atoms with Gasteiger partial charge < -0.3 is 15.7 Å². The summed E-state index contributed by atoms with van der Waals surface area (Å²) >= 11 is 0. The molecule has 1 aromatic rings. The maximum atomic E-state index is 9.53. The first kappa shape index (κ1) is 16.1. The zero-order valence-corrected chi connectivity index (χ0v) is 14.4. The summed E-state index contributed by atoms with van der Waals surface area (Å²) in [5.41, 5.74) is 6.94. The average Bonchev–Trinajstić information content (AvgIpc) is 2.59. The standard InChI is InChI=1S/C18H29N5O/c19-18-20-16(13-10-15(24)11-13)12-17(21-18)23-8-6-22(7-9-23)14-4-2-1-3-5-14/h12-15,24H,1-11H2,(H2,19,20,21). The average molecular weight is 331 g/mol. The first-order valence-electron chi connectivity index (χ1n) is 9.50. The van der Waals surface area contributed by atoms with Crippen LogP contribution in [0.15, 0.2) is 6.07 Å². The minimum absolute atomic E-state index is 0.173. The highest BCUT2D eigenvalue weighted by Crippen LogP contribution is 2.37. The third-order valence-corrected chi connectivity index (χ3v) is 6.01. The molecule has 0 bridgehead atoms. The molecule has 1 saturated heterocycles. The van der Waals surface area contributed by atoms with Crippen LogP contribution in [0.4, 0.5) is 11.8 Å². The van der Waals surface area contributed by atoms with Gasteiger partial charge in [0.2, 0.25) is 5.95 Å². The second-order valence-corrected chi connectivity index (χ2v) is 7.65. The third kappa shape index (κ3) is 3.35. The fourth-order valence-corrected chi connectivity index (χ4v) is 4.43. The SMILES string of the molecule is Nc1nc(C2CC(O)C2)cc(N2CCN(C3CCCCC3)CC2)n1. The maximum absolute atomic E-state index is 9.53. The van der Waals surface area contributed by atoms with Crippen molar-refractivity contribution in [3.05, 3.63) is 11.8 Å². The predicted octanol–water partition coefficient (Wildman–Crippen LogP) is 1.75. The molecule has 4 rings (SSSR count). The van der Waals surface area contributed by atoms with Crippen molar-refractivity contribution in [3.63, 3.8) is 0 Å². The van der Waals surface area contributed by atoms with E-state index in [1.54, 1.807) is 0 Å². The van der Waals surface area contributed by atoms with Crippen LogP contribution in [0.3, 0.4) is 0 Å². The summed E-state index contributed by atoms with van der Waals surface area (Å²) in [7, 11) is 0. The van der Waals surface area contributed by atoms with E-state index in [-0.39, 0.29) is 6.10 Å². The molecule has 0 atom stereocenters. The highest BCUT2D eigenvalue weighted by molar-refractivity contribution is 5.45. The molecule has 0 amide bonds. The van der Waals surface area contributed by atoms with Gasteiger partial charge in [-0.2, -0.15) is 4.98 Å². The van der Waals surface area contributed by atoms with E-state index in [2.05, 4.69) is 25.8 Å². The Kier molecular flexibility index (Phi) is 4.59. The number of aliphatic hydroxyl groups is 1. The van der Waals surface area contributed by atoms with Gasteiger partial charge in [0.05, 0.1) is 11.8 Å². The van der Waals surface area contributed by atoms with Crippen LogP contribution < -0.4 is 10.6 Å². The molecule has 1 aliphatic heterocycles. The quantitative estimate of drug-likeness (QED) is 0.878. The largest absolute Gasteiger partial charge is 0.393 e. The lowest BCUT2D eigenvalue weighted by Gasteiger charge is -2.41. The van der Waals surface area contributed by atoms with Crippen LogP contribution in [0.2, 0.25) is 0 Å². The Balaban J connectivity index is 1.40. The van der Waals surface area contributed by atoms with Gasteiger partial charge in [0.15, 0.2) is 0 Å². The lowest BCUT2D eigenvalue weighted by Crippen LogP contribution is -2.51. The number of hydrogen-bond acceptors (Lipinski definition) is 6. The van der Waals surface area contributed by atoms with Crippen molar-refractivity contribution in [3.8, 4) is 0 Å². The Labute approximate surface area is 144 Å². The number of anilines is 2. The van der Waals surface area contributed by atoms with Crippen molar-refractivity contribution in [2.75, 3.05) is 36.8 Å². The number of nitrogens with two attached hydrogens (primary N) is 1. The van der Waals surface area contributed by atoms with Gasteiger partial charge in [-0.05, 0) is 25.7 Å². The van der Waals surface area contributed by atoms with Crippen LogP contribution >= 0.6 is 0 Å². The molecule has 2 saturated carbocycles. The summed E-state index contributed by atoms with van der Waals surface area (Å²) in [4.78, 5) is 13.9. The molecular weight excluding hydrogens is 302 g/mol. The molecule has 2 heterocycles. The van der Waals surface area contributed by atoms with Crippen LogP contribution in [0.25, 0.3) is 0 Å². The van der Waals surface area contributed by atoms with Crippen LogP contribution in [0.1, 0.15) is 56.6 Å². The van der Waals surface area contributed by atoms with Crippen molar-refractivity contribution >= 4 is 11.8 Å². The van der Waals surface area contributed by atoms with E-state index in [0.29, 0.717) is 11.9 Å². The Hall–Kier alpha value is -1.40. The van der Waals surface area contributed by atoms with E-state index in [1.165, 1.54) is 32.1 Å². The van der Waals surface area contributed by atoms with E-state index >= 15 is 0 Å². The lowest BCUT2D eigenvalue weighted by atomic mass is 9.80. The molecule has 0 aromatic carbocycles. The highest BCUT2D eigenvalue weighted by Gasteiger charge is 2.31. The molecule has 6 nitrogen and oxygen atoms in total. The first-order valence-corrected chi connectivity index (χ1v) is 9.50. The van der Waals surface area contributed by atoms with Crippen molar-refractivity contribution in [2.45, 2.75) is 63.0 Å². The Morgan fingerprint density at radius 1 is 1.00 bits per heavy atom. The minimum atomic E-state index is -0.173. The highest BCUT2D eigenvalue weighted by atomic mass is 16.3. The molecule has 0 radical (unpaired) electrons. The molecular formula is C18H29N5O. The Morgan fingerprint density at radius 2 is 1.71 bits per heavy atom. The van der Waals surface area contributed by atoms with E-state index in [4.69, 9.17) is 5.73 Å². The number of hydrogen-bond donors (Lipinski definition) is 2. The van der Waals surface area contributed by atoms with Crippen molar-refractivity contribution in [1.82, 2.24) is 14.9 Å². The van der Waals surface area contributed by atoms with Gasteiger partial charge in [-0.15, -0.1) is 0 Å². The Bertz CT molecular complexity index is 561. The van der Waals surface area contributed by atoms with Gasteiger partial charge in [0, 0.05) is 44.2 Å². The maximum Gasteiger partial charge on any atom is 0.222 e. The topological polar surface area (TPSA) is 78.5 Å². The molecule has 3 aliphatic rings. The number of aliphatic hydroxyl groups excluding tert-OH is 1. The monoisotopic (exact) mass is 331 g/mol. The van der Waals surface area contributed by atoms with Gasteiger partial charge in [0.25, 0.3) is 0 Å². The number of rotatable bonds is 3. The van der Waals surface area contributed by atoms with Crippen LogP contribution in [-0.2, 0) is 0 Å². The van der Waals surface area contributed by atoms with Crippen molar-refractivity contribution in [1.29, 1.82) is 0 Å². The summed E-state index contributed by atoms with van der Waals surface area (Å²) in [5, 5.41) is 9.53. The second-order valence-electron chi connectivity index (χ2n) is 7.65. The molecule has 2 aliphatic carbocycles. The summed E-state index contributed by atoms with van der Waals surface area (Å²) in [6, 6.07) is 2.88. The Morgan fingerprint density at radius 3 is 2.38 bits per heavy atom. The number of nitrogen functional groups attached to an aromatic ring is 1. The van der Waals surface area contributed by atoms with Crippen LogP contribution in [0.5, 0.6) is 0 Å². The van der Waals surface area contributed by atoms with E-state index < -0.39 is 0 Å². The van der Waals surface area contributed by atoms with Crippen molar-refractivity contribution in [2.24, 2.45) is 0 Å². The summed E-state index contributed by atoms with van der Waals surface area (Å²) in [5.74, 6) is 1.66. The van der Waals surface area contributed by atoms with Gasteiger partial charge in [-0.3, -0.25) is 4.90 Å². The molecule has 24 heavy (non-hydrogen) atoms. The van der Waals surface area contributed by atoms with Crippen LogP contribution in [-0.4, -0.2) is 58.3 Å². The molecule has 3 N–H and O–H groups in total. The minimum Gasteiger partial charge on any atom is -0.393 e. The zero-order valence-electron chi connectivity index (χ0n) is 14.4. The summed E-state index contributed by atoms with van der Waals surface area (Å²) in [6.45, 7) is 4.26. The van der Waals surface area contributed by atoms with Gasteiger partial charge >= 0.3 is 0 Å². The predicted molar refractivity (Wildman–Crippen MR) is 95.1 cm³/mol. The number of nitrogens with zero attached hydrogens (tertiary/aromatic N) is 4. The fraction of sp³-hybridized carbons (Fsp3) is 0.778. The van der Waals surface area contributed by atoms with E-state index in [0.717, 1.165) is 56.6 Å². The van der Waals surface area contributed by atoms with E-state index in [9.17, 15) is 5.11 Å². The third-order valence-electron chi connectivity index (χ3n) is 6.01. The smallest absolute Gasteiger partial charge is 0.222 e. The molecule has 6 heteroatoms. The molecule has 0 spiro atoms. The fourth-order valence-electron chi connectivity index (χ4n) is 4.43. The van der Waals surface area contributed by atoms with Gasteiger partial charge in [0.1, 0.15) is 5.82 Å². The zero-order chi connectivity index (χ0) is 16.5.